The van der Waals surface area contributed by atoms with Gasteiger partial charge in [0.2, 0.25) is 0 Å². The second-order valence-electron chi connectivity index (χ2n) is 2.30. The molecule has 1 rings (SSSR count). The third kappa shape index (κ3) is 6.79. The Morgan fingerprint density at radius 3 is 1.82 bits per heavy atom. The second-order valence-corrected chi connectivity index (χ2v) is 3.27. The van der Waals surface area contributed by atoms with Gasteiger partial charge in [0.25, 0.3) is 0 Å². The molecule has 0 atom stereocenters. The van der Waals surface area contributed by atoms with Gasteiger partial charge in [0.1, 0.15) is 13.2 Å². The van der Waals surface area contributed by atoms with Crippen molar-refractivity contribution in [2.75, 3.05) is 13.2 Å². The second kappa shape index (κ2) is 8.26. The SMILES string of the molecule is O=[P+]1OCCCCCCO1.[K]. The smallest absolute Gasteiger partial charge is 0.119 e. The summed E-state index contributed by atoms with van der Waals surface area (Å²) in [5.74, 6) is 0. The van der Waals surface area contributed by atoms with Crippen LogP contribution in [0.1, 0.15) is 25.7 Å². The summed E-state index contributed by atoms with van der Waals surface area (Å²) in [7, 11) is -1.80. The van der Waals surface area contributed by atoms with E-state index in [4.69, 9.17) is 9.05 Å². The molecule has 1 saturated heterocycles. The average Bonchev–Trinajstić information content (AvgIpc) is 2.02. The summed E-state index contributed by atoms with van der Waals surface area (Å²) in [6, 6.07) is 0. The predicted molar refractivity (Wildman–Crippen MR) is 43.7 cm³/mol. The van der Waals surface area contributed by atoms with Gasteiger partial charge in [-0.15, -0.1) is 9.05 Å². The van der Waals surface area contributed by atoms with E-state index < -0.39 is 8.25 Å². The van der Waals surface area contributed by atoms with Crippen LogP contribution < -0.4 is 0 Å². The molecule has 0 unspecified atom stereocenters. The van der Waals surface area contributed by atoms with Crippen molar-refractivity contribution in [1.29, 1.82) is 0 Å². The van der Waals surface area contributed by atoms with Crippen LogP contribution in [0.25, 0.3) is 0 Å². The molecule has 1 fully saturated rings. The zero-order chi connectivity index (χ0) is 7.23. The molecule has 5 heteroatoms. The molecule has 59 valence electrons. The van der Waals surface area contributed by atoms with Gasteiger partial charge in [0, 0.05) is 55.9 Å². The first kappa shape index (κ1) is 12.7. The van der Waals surface area contributed by atoms with E-state index in [1.807, 2.05) is 0 Å². The zero-order valence-corrected chi connectivity index (χ0v) is 10.9. The van der Waals surface area contributed by atoms with Crippen LogP contribution in [0.15, 0.2) is 0 Å². The Bertz CT molecular complexity index is 108. The van der Waals surface area contributed by atoms with Crippen LogP contribution in [0, 0.1) is 0 Å². The van der Waals surface area contributed by atoms with Gasteiger partial charge in [0.15, 0.2) is 0 Å². The van der Waals surface area contributed by atoms with E-state index in [1.54, 1.807) is 0 Å². The first-order chi connectivity index (χ1) is 4.89. The molecule has 0 bridgehead atoms. The van der Waals surface area contributed by atoms with E-state index in [9.17, 15) is 4.57 Å². The largest absolute Gasteiger partial charge is 0.697 e. The van der Waals surface area contributed by atoms with Gasteiger partial charge < -0.3 is 0 Å². The van der Waals surface area contributed by atoms with E-state index in [-0.39, 0.29) is 51.4 Å². The van der Waals surface area contributed by atoms with Crippen LogP contribution in [0.2, 0.25) is 0 Å². The Labute approximate surface area is 111 Å². The summed E-state index contributed by atoms with van der Waals surface area (Å²) >= 11 is 0. The first-order valence-corrected chi connectivity index (χ1v) is 4.72. The third-order valence-electron chi connectivity index (χ3n) is 1.43. The molecule has 1 radical (unpaired) electrons. The summed E-state index contributed by atoms with van der Waals surface area (Å²) in [5.41, 5.74) is 0. The fourth-order valence-electron chi connectivity index (χ4n) is 0.873. The fourth-order valence-corrected chi connectivity index (χ4v) is 1.50. The van der Waals surface area contributed by atoms with Crippen molar-refractivity contribution in [1.82, 2.24) is 0 Å². The van der Waals surface area contributed by atoms with Crippen molar-refractivity contribution >= 4 is 59.6 Å². The van der Waals surface area contributed by atoms with E-state index >= 15 is 0 Å². The molecule has 0 saturated carbocycles. The molecule has 11 heavy (non-hydrogen) atoms. The molecular weight excluding hydrogens is 190 g/mol. The van der Waals surface area contributed by atoms with Gasteiger partial charge in [0.05, 0.1) is 0 Å². The summed E-state index contributed by atoms with van der Waals surface area (Å²) in [5, 5.41) is 0. The Kier molecular flexibility index (Phi) is 9.51. The first-order valence-electron chi connectivity index (χ1n) is 3.63. The van der Waals surface area contributed by atoms with Crippen molar-refractivity contribution in [2.45, 2.75) is 25.7 Å². The van der Waals surface area contributed by atoms with Crippen LogP contribution in [-0.2, 0) is 13.6 Å². The predicted octanol–water partition coefficient (Wildman–Crippen LogP) is 1.87. The minimum absolute atomic E-state index is 0. The van der Waals surface area contributed by atoms with Crippen molar-refractivity contribution in [3.63, 3.8) is 0 Å². The minimum atomic E-state index is -1.80. The molecule has 0 aromatic heterocycles. The maximum Gasteiger partial charge on any atom is 0.697 e. The quantitative estimate of drug-likeness (QED) is 0.444. The van der Waals surface area contributed by atoms with E-state index in [1.165, 1.54) is 0 Å². The Morgan fingerprint density at radius 2 is 1.36 bits per heavy atom. The summed E-state index contributed by atoms with van der Waals surface area (Å²) in [4.78, 5) is 0. The average molecular weight is 202 g/mol. The molecule has 3 nitrogen and oxygen atoms in total. The van der Waals surface area contributed by atoms with Gasteiger partial charge in [-0.1, -0.05) is 12.8 Å². The van der Waals surface area contributed by atoms with Crippen LogP contribution in [0.3, 0.4) is 0 Å². The number of rotatable bonds is 0. The minimum Gasteiger partial charge on any atom is -0.119 e. The van der Waals surface area contributed by atoms with Crippen molar-refractivity contribution in [2.24, 2.45) is 0 Å². The molecule has 1 aliphatic rings. The Hall–Kier alpha value is 1.66. The van der Waals surface area contributed by atoms with Crippen molar-refractivity contribution < 1.29 is 13.6 Å². The van der Waals surface area contributed by atoms with Gasteiger partial charge in [-0.25, -0.2) is 0 Å². The number of hydrogen-bond donors (Lipinski definition) is 0. The molecule has 0 N–H and O–H groups in total. The van der Waals surface area contributed by atoms with Crippen LogP contribution >= 0.6 is 8.25 Å². The Balaban J connectivity index is 0.000001000. The molecule has 0 spiro atoms. The van der Waals surface area contributed by atoms with Crippen LogP contribution in [-0.4, -0.2) is 64.6 Å². The van der Waals surface area contributed by atoms with Gasteiger partial charge in [-0.2, -0.15) is 0 Å². The van der Waals surface area contributed by atoms with Crippen LogP contribution in [0.4, 0.5) is 0 Å². The molecular formula is C6H12KO3P+. The number of hydrogen-bond acceptors (Lipinski definition) is 3. The molecule has 1 aliphatic heterocycles. The van der Waals surface area contributed by atoms with Gasteiger partial charge in [-0.05, 0) is 12.8 Å². The van der Waals surface area contributed by atoms with Crippen LogP contribution in [0.5, 0.6) is 0 Å². The molecule has 0 amide bonds. The monoisotopic (exact) mass is 202 g/mol. The summed E-state index contributed by atoms with van der Waals surface area (Å²) < 4.78 is 20.4. The standard InChI is InChI=1S/C6H12O3P.K/c7-10-8-5-3-1-2-4-6-9-10;/h1-6H2;/q+1;. The van der Waals surface area contributed by atoms with Crippen molar-refractivity contribution in [3.8, 4) is 0 Å². The normalized spacial score (nSPS) is 20.9. The van der Waals surface area contributed by atoms with Crippen molar-refractivity contribution in [3.05, 3.63) is 0 Å². The zero-order valence-electron chi connectivity index (χ0n) is 6.91. The van der Waals surface area contributed by atoms with E-state index in [2.05, 4.69) is 0 Å². The molecule has 0 aliphatic carbocycles. The maximum absolute atomic E-state index is 10.7. The third-order valence-corrected chi connectivity index (χ3v) is 2.22. The van der Waals surface area contributed by atoms with Gasteiger partial charge >= 0.3 is 8.25 Å². The Morgan fingerprint density at radius 1 is 0.909 bits per heavy atom. The maximum atomic E-state index is 10.7. The summed E-state index contributed by atoms with van der Waals surface area (Å²) in [6.07, 6.45) is 4.33. The van der Waals surface area contributed by atoms with E-state index in [0.717, 1.165) is 25.7 Å². The topological polar surface area (TPSA) is 35.5 Å². The molecule has 0 aromatic carbocycles. The molecule has 1 heterocycles. The fraction of sp³-hybridized carbons (Fsp3) is 1.00. The van der Waals surface area contributed by atoms with E-state index in [0.29, 0.717) is 13.2 Å². The van der Waals surface area contributed by atoms with Gasteiger partial charge in [-0.3, -0.25) is 0 Å². The summed E-state index contributed by atoms with van der Waals surface area (Å²) in [6.45, 7) is 1.16. The molecule has 0 aromatic rings.